The summed E-state index contributed by atoms with van der Waals surface area (Å²) in [6.07, 6.45) is 0. The van der Waals surface area contributed by atoms with Gasteiger partial charge in [0.25, 0.3) is 0 Å². The summed E-state index contributed by atoms with van der Waals surface area (Å²) in [6.45, 7) is 9.57. The summed E-state index contributed by atoms with van der Waals surface area (Å²) in [7, 11) is 3.95. The number of benzene rings is 1. The Labute approximate surface area is 100 Å². The third kappa shape index (κ3) is 6.23. The standard InChI is InChI=1S/C10H13NO.2C2H6/c1-8(12)9-4-6-10(7-5-9)11(2)3;2*1-2/h4-7H,1-3H3;2*1-2H3. The zero-order valence-electron chi connectivity index (χ0n) is 11.7. The van der Waals surface area contributed by atoms with Crippen molar-refractivity contribution in [3.8, 4) is 0 Å². The predicted octanol–water partition coefficient (Wildman–Crippen LogP) is 4.01. The van der Waals surface area contributed by atoms with E-state index < -0.39 is 0 Å². The van der Waals surface area contributed by atoms with Gasteiger partial charge in [-0.1, -0.05) is 27.7 Å². The molecule has 0 bridgehead atoms. The van der Waals surface area contributed by atoms with Gasteiger partial charge in [0, 0.05) is 25.3 Å². The summed E-state index contributed by atoms with van der Waals surface area (Å²) in [5.74, 6) is 0.111. The molecule has 0 aliphatic carbocycles. The minimum atomic E-state index is 0.111. The van der Waals surface area contributed by atoms with Crippen LogP contribution in [0.5, 0.6) is 0 Å². The van der Waals surface area contributed by atoms with Gasteiger partial charge in [0.1, 0.15) is 0 Å². The number of hydrogen-bond donors (Lipinski definition) is 0. The van der Waals surface area contributed by atoms with Gasteiger partial charge in [-0.3, -0.25) is 4.79 Å². The maximum Gasteiger partial charge on any atom is 0.159 e. The van der Waals surface area contributed by atoms with Gasteiger partial charge in [-0.2, -0.15) is 0 Å². The number of hydrogen-bond acceptors (Lipinski definition) is 2. The van der Waals surface area contributed by atoms with Crippen molar-refractivity contribution in [1.29, 1.82) is 0 Å². The van der Waals surface area contributed by atoms with E-state index in [-0.39, 0.29) is 5.78 Å². The van der Waals surface area contributed by atoms with E-state index >= 15 is 0 Å². The lowest BCUT2D eigenvalue weighted by molar-refractivity contribution is 0.101. The average Bonchev–Trinajstić information content (AvgIpc) is 2.34. The van der Waals surface area contributed by atoms with E-state index in [0.29, 0.717) is 0 Å². The predicted molar refractivity (Wildman–Crippen MR) is 73.5 cm³/mol. The van der Waals surface area contributed by atoms with Crippen molar-refractivity contribution in [1.82, 2.24) is 0 Å². The highest BCUT2D eigenvalue weighted by Crippen LogP contribution is 2.12. The van der Waals surface area contributed by atoms with Crippen molar-refractivity contribution < 1.29 is 4.79 Å². The Morgan fingerprint density at radius 2 is 1.31 bits per heavy atom. The summed E-state index contributed by atoms with van der Waals surface area (Å²) in [5, 5.41) is 0. The number of rotatable bonds is 2. The van der Waals surface area contributed by atoms with Gasteiger partial charge in [-0.15, -0.1) is 0 Å². The number of ketones is 1. The molecular formula is C14H25NO. The molecule has 0 spiro atoms. The van der Waals surface area contributed by atoms with E-state index in [4.69, 9.17) is 0 Å². The number of carbonyl (C=O) groups is 1. The molecule has 0 unspecified atom stereocenters. The molecule has 1 aromatic rings. The molecule has 92 valence electrons. The quantitative estimate of drug-likeness (QED) is 0.706. The lowest BCUT2D eigenvalue weighted by atomic mass is 10.1. The summed E-state index contributed by atoms with van der Waals surface area (Å²) in [6, 6.07) is 7.57. The largest absolute Gasteiger partial charge is 0.378 e. The minimum absolute atomic E-state index is 0.111. The maximum atomic E-state index is 10.9. The molecule has 0 saturated carbocycles. The first-order valence-electron chi connectivity index (χ1n) is 5.89. The molecular weight excluding hydrogens is 198 g/mol. The van der Waals surface area contributed by atoms with E-state index in [2.05, 4.69) is 0 Å². The molecule has 0 aliphatic rings. The summed E-state index contributed by atoms with van der Waals surface area (Å²) < 4.78 is 0. The van der Waals surface area contributed by atoms with Crippen LogP contribution in [0.25, 0.3) is 0 Å². The van der Waals surface area contributed by atoms with Crippen LogP contribution in [0.4, 0.5) is 5.69 Å². The molecule has 1 rings (SSSR count). The van der Waals surface area contributed by atoms with Gasteiger partial charge in [-0.05, 0) is 31.2 Å². The molecule has 1 aromatic carbocycles. The minimum Gasteiger partial charge on any atom is -0.378 e. The zero-order valence-corrected chi connectivity index (χ0v) is 11.7. The number of Topliss-reactive ketones (excluding diaryl/α,β-unsaturated/α-hetero) is 1. The molecule has 0 N–H and O–H groups in total. The van der Waals surface area contributed by atoms with Crippen LogP contribution in [-0.4, -0.2) is 19.9 Å². The molecule has 0 aromatic heterocycles. The van der Waals surface area contributed by atoms with Crippen LogP contribution in [0.15, 0.2) is 24.3 Å². The molecule has 16 heavy (non-hydrogen) atoms. The van der Waals surface area contributed by atoms with Gasteiger partial charge in [0.05, 0.1) is 0 Å². The SMILES string of the molecule is CC.CC.CC(=O)c1ccc(N(C)C)cc1. The van der Waals surface area contributed by atoms with Gasteiger partial charge < -0.3 is 4.90 Å². The Kier molecular flexibility index (Phi) is 10.9. The van der Waals surface area contributed by atoms with E-state index in [1.807, 2.05) is 71.0 Å². The average molecular weight is 223 g/mol. The van der Waals surface area contributed by atoms with Gasteiger partial charge in [-0.25, -0.2) is 0 Å². The van der Waals surface area contributed by atoms with Crippen LogP contribution >= 0.6 is 0 Å². The number of nitrogens with zero attached hydrogens (tertiary/aromatic N) is 1. The van der Waals surface area contributed by atoms with E-state index in [1.165, 1.54) is 0 Å². The summed E-state index contributed by atoms with van der Waals surface area (Å²) in [4.78, 5) is 12.9. The highest BCUT2D eigenvalue weighted by atomic mass is 16.1. The third-order valence-corrected chi connectivity index (χ3v) is 1.79. The van der Waals surface area contributed by atoms with Crippen LogP contribution in [0.3, 0.4) is 0 Å². The highest BCUT2D eigenvalue weighted by molar-refractivity contribution is 5.94. The van der Waals surface area contributed by atoms with E-state index in [1.54, 1.807) is 6.92 Å². The van der Waals surface area contributed by atoms with Crippen LogP contribution in [0.1, 0.15) is 45.0 Å². The molecule has 0 aliphatic heterocycles. The Bertz CT molecular complexity index is 275. The molecule has 0 amide bonds. The molecule has 2 heteroatoms. The van der Waals surface area contributed by atoms with Gasteiger partial charge in [0.2, 0.25) is 0 Å². The lowest BCUT2D eigenvalue weighted by Gasteiger charge is -2.11. The fraction of sp³-hybridized carbons (Fsp3) is 0.500. The van der Waals surface area contributed by atoms with Crippen LogP contribution < -0.4 is 4.90 Å². The van der Waals surface area contributed by atoms with Gasteiger partial charge >= 0.3 is 0 Å². The Balaban J connectivity index is 0. The number of anilines is 1. The normalized spacial score (nSPS) is 7.94. The smallest absolute Gasteiger partial charge is 0.159 e. The van der Waals surface area contributed by atoms with Gasteiger partial charge in [0.15, 0.2) is 5.78 Å². The van der Waals surface area contributed by atoms with Crippen molar-refractivity contribution in [3.05, 3.63) is 29.8 Å². The van der Waals surface area contributed by atoms with Crippen LogP contribution in [0, 0.1) is 0 Å². The first kappa shape index (κ1) is 17.1. The van der Waals surface area contributed by atoms with Crippen molar-refractivity contribution in [3.63, 3.8) is 0 Å². The topological polar surface area (TPSA) is 20.3 Å². The summed E-state index contributed by atoms with van der Waals surface area (Å²) in [5.41, 5.74) is 1.88. The third-order valence-electron chi connectivity index (χ3n) is 1.79. The van der Waals surface area contributed by atoms with Crippen molar-refractivity contribution >= 4 is 11.5 Å². The first-order chi connectivity index (χ1) is 7.61. The monoisotopic (exact) mass is 223 g/mol. The molecule has 0 radical (unpaired) electrons. The second-order valence-corrected chi connectivity index (χ2v) is 3.00. The van der Waals surface area contributed by atoms with Crippen LogP contribution in [0.2, 0.25) is 0 Å². The van der Waals surface area contributed by atoms with Crippen molar-refractivity contribution in [2.45, 2.75) is 34.6 Å². The van der Waals surface area contributed by atoms with Crippen molar-refractivity contribution in [2.24, 2.45) is 0 Å². The van der Waals surface area contributed by atoms with Crippen LogP contribution in [-0.2, 0) is 0 Å². The summed E-state index contributed by atoms with van der Waals surface area (Å²) >= 11 is 0. The molecule has 0 atom stereocenters. The van der Waals surface area contributed by atoms with E-state index in [0.717, 1.165) is 11.3 Å². The fourth-order valence-corrected chi connectivity index (χ4v) is 0.994. The highest BCUT2D eigenvalue weighted by Gasteiger charge is 1.98. The molecule has 2 nitrogen and oxygen atoms in total. The van der Waals surface area contributed by atoms with E-state index in [9.17, 15) is 4.79 Å². The Hall–Kier alpha value is -1.31. The zero-order chi connectivity index (χ0) is 13.1. The lowest BCUT2D eigenvalue weighted by Crippen LogP contribution is -2.08. The molecule has 0 heterocycles. The van der Waals surface area contributed by atoms with Crippen molar-refractivity contribution in [2.75, 3.05) is 19.0 Å². The number of carbonyl (C=O) groups excluding carboxylic acids is 1. The second kappa shape index (κ2) is 10.2. The Morgan fingerprint density at radius 1 is 0.938 bits per heavy atom. The maximum absolute atomic E-state index is 10.9. The molecule has 0 saturated heterocycles. The second-order valence-electron chi connectivity index (χ2n) is 3.00. The molecule has 0 fully saturated rings. The fourth-order valence-electron chi connectivity index (χ4n) is 0.994. The first-order valence-corrected chi connectivity index (χ1v) is 5.89. The Morgan fingerprint density at radius 3 is 1.56 bits per heavy atom.